The first-order valence-electron chi connectivity index (χ1n) is 15.8. The summed E-state index contributed by atoms with van der Waals surface area (Å²) < 4.78 is 5.17. The van der Waals surface area contributed by atoms with Crippen LogP contribution in [0.2, 0.25) is 0 Å². The van der Waals surface area contributed by atoms with E-state index in [0.29, 0.717) is 36.0 Å². The van der Waals surface area contributed by atoms with Gasteiger partial charge >= 0.3 is 11.9 Å². The monoisotopic (exact) mass is 539 g/mol. The van der Waals surface area contributed by atoms with Gasteiger partial charge in [-0.2, -0.15) is 0 Å². The zero-order chi connectivity index (χ0) is 27.9. The van der Waals surface area contributed by atoms with Crippen molar-refractivity contribution in [2.75, 3.05) is 13.7 Å². The van der Waals surface area contributed by atoms with E-state index in [2.05, 4.69) is 32.6 Å². The van der Waals surface area contributed by atoms with Gasteiger partial charge in [0.15, 0.2) is 5.78 Å². The Labute approximate surface area is 234 Å². The predicted molar refractivity (Wildman–Crippen MR) is 149 cm³/mol. The SMILES string of the molecule is COC(=O)C1CCCN1C1CCC2(C)C(CCC3(C)C4CCC5(C)CC[C@H](C(=O)O)CC5C4=CC(=O)C32)C1C. The van der Waals surface area contributed by atoms with Crippen molar-refractivity contribution < 1.29 is 24.2 Å². The van der Waals surface area contributed by atoms with Crippen molar-refractivity contribution >= 4 is 17.7 Å². The molecule has 1 heterocycles. The molecule has 216 valence electrons. The molecule has 39 heavy (non-hydrogen) atoms. The zero-order valence-electron chi connectivity index (χ0n) is 24.7. The Hall–Kier alpha value is -1.69. The van der Waals surface area contributed by atoms with Crippen LogP contribution in [-0.4, -0.2) is 53.5 Å². The molecule has 6 rings (SSSR count). The number of hydrogen-bond donors (Lipinski definition) is 1. The Kier molecular flexibility index (Phi) is 6.64. The van der Waals surface area contributed by atoms with Crippen LogP contribution in [0.4, 0.5) is 0 Å². The van der Waals surface area contributed by atoms with E-state index in [1.807, 2.05) is 6.08 Å². The third-order valence-corrected chi connectivity index (χ3v) is 13.5. The summed E-state index contributed by atoms with van der Waals surface area (Å²) in [6, 6.07) is 0.249. The number of ketones is 1. The Morgan fingerprint density at radius 3 is 2.41 bits per heavy atom. The first-order chi connectivity index (χ1) is 18.4. The number of allylic oxidation sites excluding steroid dienone is 2. The minimum absolute atomic E-state index is 0.0269. The summed E-state index contributed by atoms with van der Waals surface area (Å²) in [7, 11) is 1.50. The maximum atomic E-state index is 14.3. The number of rotatable bonds is 3. The molecule has 6 heteroatoms. The number of hydrogen-bond acceptors (Lipinski definition) is 5. The second-order valence-electron chi connectivity index (χ2n) is 15.1. The van der Waals surface area contributed by atoms with Crippen molar-refractivity contribution in [3.8, 4) is 0 Å². The number of carbonyl (C=O) groups excluding carboxylic acids is 2. The largest absolute Gasteiger partial charge is 0.481 e. The highest BCUT2D eigenvalue weighted by Crippen LogP contribution is 2.69. The maximum Gasteiger partial charge on any atom is 0.323 e. The van der Waals surface area contributed by atoms with Crippen molar-refractivity contribution in [2.24, 2.45) is 51.8 Å². The molecule has 0 amide bonds. The van der Waals surface area contributed by atoms with Crippen molar-refractivity contribution in [1.82, 2.24) is 4.90 Å². The normalized spacial score (nSPS) is 49.7. The Balaban J connectivity index is 1.30. The highest BCUT2D eigenvalue weighted by atomic mass is 16.5. The van der Waals surface area contributed by atoms with E-state index in [-0.39, 0.29) is 46.0 Å². The van der Waals surface area contributed by atoms with Crippen LogP contribution in [0.1, 0.15) is 98.3 Å². The van der Waals surface area contributed by atoms with Crippen LogP contribution in [0.15, 0.2) is 11.6 Å². The molecule has 11 atom stereocenters. The van der Waals surface area contributed by atoms with E-state index in [4.69, 9.17) is 4.74 Å². The fourth-order valence-corrected chi connectivity index (χ4v) is 11.6. The number of carbonyl (C=O) groups is 3. The number of carboxylic acid groups (broad SMARTS) is 1. The molecule has 1 N–H and O–H groups in total. The van der Waals surface area contributed by atoms with Crippen LogP contribution in [0.5, 0.6) is 0 Å². The van der Waals surface area contributed by atoms with E-state index < -0.39 is 5.97 Å². The fraction of sp³-hybridized carbons (Fsp3) is 0.848. The van der Waals surface area contributed by atoms with Gasteiger partial charge in [0, 0.05) is 12.0 Å². The molecule has 6 nitrogen and oxygen atoms in total. The number of esters is 1. The third kappa shape index (κ3) is 3.93. The number of ether oxygens (including phenoxy) is 1. The van der Waals surface area contributed by atoms with Crippen LogP contribution >= 0.6 is 0 Å². The molecule has 10 unspecified atom stereocenters. The topological polar surface area (TPSA) is 83.9 Å². The Morgan fingerprint density at radius 2 is 1.69 bits per heavy atom. The molecular weight excluding hydrogens is 490 g/mol. The van der Waals surface area contributed by atoms with Gasteiger partial charge in [0.25, 0.3) is 0 Å². The van der Waals surface area contributed by atoms with Gasteiger partial charge in [0.2, 0.25) is 0 Å². The van der Waals surface area contributed by atoms with E-state index in [9.17, 15) is 19.5 Å². The quantitative estimate of drug-likeness (QED) is 0.451. The van der Waals surface area contributed by atoms with Gasteiger partial charge in [0.1, 0.15) is 6.04 Å². The number of methoxy groups -OCH3 is 1. The van der Waals surface area contributed by atoms with Crippen LogP contribution in [0.25, 0.3) is 0 Å². The molecule has 0 aromatic heterocycles. The molecule has 6 aliphatic rings. The summed E-state index contributed by atoms with van der Waals surface area (Å²) in [6.07, 6.45) is 12.9. The number of fused-ring (bicyclic) bond motifs is 7. The molecular formula is C33H49NO5. The molecule has 0 radical (unpaired) electrons. The summed E-state index contributed by atoms with van der Waals surface area (Å²) in [6.45, 7) is 10.5. The lowest BCUT2D eigenvalue weighted by Gasteiger charge is -2.66. The first-order valence-corrected chi connectivity index (χ1v) is 15.8. The highest BCUT2D eigenvalue weighted by molar-refractivity contribution is 5.95. The smallest absolute Gasteiger partial charge is 0.323 e. The summed E-state index contributed by atoms with van der Waals surface area (Å²) >= 11 is 0. The lowest BCUT2D eigenvalue weighted by molar-refractivity contribution is -0.167. The van der Waals surface area contributed by atoms with E-state index in [0.717, 1.165) is 70.8 Å². The molecule has 0 bridgehead atoms. The molecule has 0 aromatic rings. The average molecular weight is 540 g/mol. The second kappa shape index (κ2) is 9.42. The van der Waals surface area contributed by atoms with Gasteiger partial charge in [-0.05, 0) is 123 Å². The van der Waals surface area contributed by atoms with Gasteiger partial charge in [-0.3, -0.25) is 19.3 Å². The fourth-order valence-electron chi connectivity index (χ4n) is 11.6. The lowest BCUT2D eigenvalue weighted by atomic mass is 9.38. The summed E-state index contributed by atoms with van der Waals surface area (Å²) in [5, 5.41) is 9.83. The number of carboxylic acids is 1. The number of aliphatic carboxylic acids is 1. The van der Waals surface area contributed by atoms with Crippen LogP contribution in [0.3, 0.4) is 0 Å². The average Bonchev–Trinajstić information content (AvgIpc) is 3.37. The number of likely N-dealkylation sites (tertiary alicyclic amines) is 1. The standard InChI is InChI=1S/C33H49NO5/c1-19-22-10-14-33(4)23-9-13-31(2)12-8-20(29(36)37)17-24(31)21(23)18-27(35)28(33)32(22,3)15-11-25(19)34-16-6-7-26(34)30(38)39-5/h18-20,22-26,28H,6-17H2,1-5H3,(H,36,37)/t19?,20-,22?,23?,24?,25?,26?,28?,31?,32?,33?/m0/s1. The van der Waals surface area contributed by atoms with Crippen molar-refractivity contribution in [2.45, 2.75) is 110 Å². The minimum Gasteiger partial charge on any atom is -0.481 e. The molecule has 0 spiro atoms. The zero-order valence-corrected chi connectivity index (χ0v) is 24.7. The van der Waals surface area contributed by atoms with Gasteiger partial charge in [0.05, 0.1) is 13.0 Å². The van der Waals surface area contributed by atoms with Crippen molar-refractivity contribution in [3.63, 3.8) is 0 Å². The molecule has 5 aliphatic carbocycles. The van der Waals surface area contributed by atoms with Crippen LogP contribution < -0.4 is 0 Å². The molecule has 0 aromatic carbocycles. The van der Waals surface area contributed by atoms with Gasteiger partial charge in [-0.25, -0.2) is 0 Å². The maximum absolute atomic E-state index is 14.3. The first kappa shape index (κ1) is 27.5. The highest BCUT2D eigenvalue weighted by Gasteiger charge is 2.65. The van der Waals surface area contributed by atoms with Gasteiger partial charge in [-0.1, -0.05) is 33.3 Å². The number of nitrogens with zero attached hydrogens (tertiary/aromatic N) is 1. The summed E-state index contributed by atoms with van der Waals surface area (Å²) in [5.74, 6) is 0.798. The third-order valence-electron chi connectivity index (χ3n) is 13.5. The predicted octanol–water partition coefficient (Wildman–Crippen LogP) is 5.89. The van der Waals surface area contributed by atoms with E-state index in [1.54, 1.807) is 0 Å². The molecule has 4 saturated carbocycles. The Bertz CT molecular complexity index is 1080. The second-order valence-corrected chi connectivity index (χ2v) is 15.1. The molecule has 1 saturated heterocycles. The van der Waals surface area contributed by atoms with E-state index >= 15 is 0 Å². The lowest BCUT2D eigenvalue weighted by Crippen LogP contribution is -2.63. The van der Waals surface area contributed by atoms with Gasteiger partial charge in [-0.15, -0.1) is 0 Å². The van der Waals surface area contributed by atoms with Crippen molar-refractivity contribution in [1.29, 1.82) is 0 Å². The molecule has 1 aliphatic heterocycles. The van der Waals surface area contributed by atoms with Crippen LogP contribution in [-0.2, 0) is 19.1 Å². The Morgan fingerprint density at radius 1 is 0.974 bits per heavy atom. The summed E-state index contributed by atoms with van der Waals surface area (Å²) in [4.78, 5) is 41.3. The minimum atomic E-state index is -0.669. The van der Waals surface area contributed by atoms with Crippen molar-refractivity contribution in [3.05, 3.63) is 11.6 Å². The summed E-state index contributed by atoms with van der Waals surface area (Å²) in [5.41, 5.74) is 1.33. The molecule has 5 fully saturated rings. The van der Waals surface area contributed by atoms with Crippen LogP contribution in [0, 0.1) is 51.8 Å². The van der Waals surface area contributed by atoms with Gasteiger partial charge < -0.3 is 9.84 Å². The van der Waals surface area contributed by atoms with E-state index in [1.165, 1.54) is 12.7 Å².